The molecule has 2 N–H and O–H groups in total. The van der Waals surface area contributed by atoms with Crippen LogP contribution >= 0.6 is 11.6 Å². The topological polar surface area (TPSA) is 44.5 Å². The second kappa shape index (κ2) is 7.19. The van der Waals surface area contributed by atoms with Gasteiger partial charge in [0, 0.05) is 23.1 Å². The number of halogens is 1. The molecule has 1 aliphatic rings. The van der Waals surface area contributed by atoms with Gasteiger partial charge in [-0.25, -0.2) is 0 Å². The average Bonchev–Trinajstić information content (AvgIpc) is 2.63. The molecular formula is C16H24ClNO2. The zero-order valence-electron chi connectivity index (χ0n) is 12.4. The van der Waals surface area contributed by atoms with Crippen LogP contribution in [0.1, 0.15) is 50.2 Å². The molecule has 0 amide bonds. The van der Waals surface area contributed by atoms with Crippen LogP contribution in [0.15, 0.2) is 6.07 Å². The summed E-state index contributed by atoms with van der Waals surface area (Å²) < 4.78 is 11.7. The van der Waals surface area contributed by atoms with E-state index in [0.29, 0.717) is 19.1 Å². The summed E-state index contributed by atoms with van der Waals surface area (Å²) in [4.78, 5) is 0. The van der Waals surface area contributed by atoms with Crippen molar-refractivity contribution in [1.82, 2.24) is 0 Å². The van der Waals surface area contributed by atoms with Gasteiger partial charge in [0.2, 0.25) is 0 Å². The first-order valence-electron chi connectivity index (χ1n) is 7.46. The first-order valence-corrected chi connectivity index (χ1v) is 7.84. The predicted octanol–water partition coefficient (Wildman–Crippen LogP) is 3.91. The Morgan fingerprint density at radius 3 is 2.70 bits per heavy atom. The van der Waals surface area contributed by atoms with E-state index in [4.69, 9.17) is 26.8 Å². The summed E-state index contributed by atoms with van der Waals surface area (Å²) in [7, 11) is 0. The van der Waals surface area contributed by atoms with E-state index < -0.39 is 0 Å². The Bertz CT molecular complexity index is 460. The summed E-state index contributed by atoms with van der Waals surface area (Å²) in [5.41, 5.74) is 7.98. The van der Waals surface area contributed by atoms with Crippen molar-refractivity contribution in [1.29, 1.82) is 0 Å². The molecule has 0 radical (unpaired) electrons. The van der Waals surface area contributed by atoms with Gasteiger partial charge in [0.1, 0.15) is 0 Å². The van der Waals surface area contributed by atoms with Gasteiger partial charge in [-0.05, 0) is 37.3 Å². The van der Waals surface area contributed by atoms with Crippen molar-refractivity contribution in [2.45, 2.75) is 45.4 Å². The highest BCUT2D eigenvalue weighted by molar-refractivity contribution is 6.31. The summed E-state index contributed by atoms with van der Waals surface area (Å²) in [5.74, 6) is 2.04. The van der Waals surface area contributed by atoms with E-state index in [1.807, 2.05) is 6.07 Å². The normalized spacial score (nSPS) is 14.4. The van der Waals surface area contributed by atoms with Gasteiger partial charge < -0.3 is 15.2 Å². The van der Waals surface area contributed by atoms with E-state index in [9.17, 15) is 0 Å². The Morgan fingerprint density at radius 1 is 1.25 bits per heavy atom. The maximum Gasteiger partial charge on any atom is 0.164 e. The Balaban J connectivity index is 2.41. The van der Waals surface area contributed by atoms with Gasteiger partial charge >= 0.3 is 0 Å². The molecule has 0 saturated heterocycles. The van der Waals surface area contributed by atoms with Crippen LogP contribution in [0, 0.1) is 0 Å². The second-order valence-electron chi connectivity index (χ2n) is 5.53. The Labute approximate surface area is 126 Å². The predicted molar refractivity (Wildman–Crippen MR) is 83.1 cm³/mol. The lowest BCUT2D eigenvalue weighted by Gasteiger charge is -2.21. The van der Waals surface area contributed by atoms with E-state index in [2.05, 4.69) is 13.8 Å². The zero-order valence-corrected chi connectivity index (χ0v) is 13.1. The molecule has 3 nitrogen and oxygen atoms in total. The van der Waals surface area contributed by atoms with E-state index >= 15 is 0 Å². The minimum absolute atomic E-state index is 0.358. The molecule has 2 rings (SSSR count). The third-order valence-corrected chi connectivity index (χ3v) is 3.93. The van der Waals surface area contributed by atoms with Crippen molar-refractivity contribution in [3.8, 4) is 11.5 Å². The molecule has 1 heterocycles. The Morgan fingerprint density at radius 2 is 2.00 bits per heavy atom. The number of hydrogen-bond acceptors (Lipinski definition) is 3. The maximum atomic E-state index is 6.48. The van der Waals surface area contributed by atoms with E-state index in [1.54, 1.807) is 0 Å². The lowest BCUT2D eigenvalue weighted by atomic mass is 9.92. The molecule has 0 aliphatic carbocycles. The van der Waals surface area contributed by atoms with Crippen LogP contribution in [-0.2, 0) is 6.42 Å². The van der Waals surface area contributed by atoms with Crippen molar-refractivity contribution in [3.05, 3.63) is 22.2 Å². The van der Waals surface area contributed by atoms with Crippen LogP contribution in [0.25, 0.3) is 0 Å². The molecule has 0 bridgehead atoms. The third-order valence-electron chi connectivity index (χ3n) is 3.59. The summed E-state index contributed by atoms with van der Waals surface area (Å²) in [5, 5.41) is 0.787. The van der Waals surface area contributed by atoms with Crippen LogP contribution in [-0.4, -0.2) is 19.8 Å². The van der Waals surface area contributed by atoms with Crippen LogP contribution in [0.4, 0.5) is 0 Å². The lowest BCUT2D eigenvalue weighted by molar-refractivity contribution is 0.295. The average molecular weight is 298 g/mol. The molecule has 0 unspecified atom stereocenters. The van der Waals surface area contributed by atoms with Gasteiger partial charge in [0.15, 0.2) is 11.5 Å². The summed E-state index contributed by atoms with van der Waals surface area (Å²) in [6, 6.07) is 1.91. The minimum Gasteiger partial charge on any atom is -0.489 e. The van der Waals surface area contributed by atoms with Gasteiger partial charge in [0.25, 0.3) is 0 Å². The number of unbranched alkanes of at least 4 members (excludes halogenated alkanes) is 1. The van der Waals surface area contributed by atoms with Gasteiger partial charge in [-0.15, -0.1) is 0 Å². The largest absolute Gasteiger partial charge is 0.489 e. The highest BCUT2D eigenvalue weighted by Crippen LogP contribution is 2.43. The SMILES string of the molecule is CC(C)c1c(CCCCN)c(Cl)cc2c1OCCCO2. The molecule has 20 heavy (non-hydrogen) atoms. The summed E-state index contributed by atoms with van der Waals surface area (Å²) in [6.07, 6.45) is 3.92. The molecule has 1 aromatic rings. The number of fused-ring (bicyclic) bond motifs is 1. The van der Waals surface area contributed by atoms with Crippen molar-refractivity contribution in [3.63, 3.8) is 0 Å². The monoisotopic (exact) mass is 297 g/mol. The second-order valence-corrected chi connectivity index (χ2v) is 5.94. The highest BCUT2D eigenvalue weighted by Gasteiger charge is 2.23. The van der Waals surface area contributed by atoms with Crippen molar-refractivity contribution < 1.29 is 9.47 Å². The van der Waals surface area contributed by atoms with Gasteiger partial charge in [-0.1, -0.05) is 25.4 Å². The molecule has 1 aromatic carbocycles. The first-order chi connectivity index (χ1) is 9.65. The van der Waals surface area contributed by atoms with Gasteiger partial charge in [-0.3, -0.25) is 0 Å². The van der Waals surface area contributed by atoms with Crippen LogP contribution in [0.2, 0.25) is 5.02 Å². The Kier molecular flexibility index (Phi) is 5.55. The molecule has 0 fully saturated rings. The minimum atomic E-state index is 0.358. The van der Waals surface area contributed by atoms with Crippen LogP contribution in [0.5, 0.6) is 11.5 Å². The summed E-state index contributed by atoms with van der Waals surface area (Å²) in [6.45, 7) is 6.46. The quantitative estimate of drug-likeness (QED) is 0.838. The molecule has 0 spiro atoms. The molecular weight excluding hydrogens is 274 g/mol. The lowest BCUT2D eigenvalue weighted by Crippen LogP contribution is -2.06. The molecule has 0 atom stereocenters. The van der Waals surface area contributed by atoms with E-state index in [0.717, 1.165) is 48.7 Å². The number of ether oxygens (including phenoxy) is 2. The molecule has 1 aliphatic heterocycles. The molecule has 112 valence electrons. The van der Waals surface area contributed by atoms with E-state index in [-0.39, 0.29) is 0 Å². The van der Waals surface area contributed by atoms with Gasteiger partial charge in [-0.2, -0.15) is 0 Å². The fraction of sp³-hybridized carbons (Fsp3) is 0.625. The number of rotatable bonds is 5. The fourth-order valence-electron chi connectivity index (χ4n) is 2.65. The number of benzene rings is 1. The zero-order chi connectivity index (χ0) is 14.5. The van der Waals surface area contributed by atoms with Gasteiger partial charge in [0.05, 0.1) is 13.2 Å². The summed E-state index contributed by atoms with van der Waals surface area (Å²) >= 11 is 6.48. The number of nitrogens with two attached hydrogens (primary N) is 1. The Hall–Kier alpha value is -0.930. The molecule has 0 aromatic heterocycles. The van der Waals surface area contributed by atoms with Crippen molar-refractivity contribution in [2.75, 3.05) is 19.8 Å². The first kappa shape index (κ1) is 15.5. The maximum absolute atomic E-state index is 6.48. The van der Waals surface area contributed by atoms with Crippen molar-refractivity contribution >= 4 is 11.6 Å². The molecule has 0 saturated carbocycles. The van der Waals surface area contributed by atoms with Crippen LogP contribution < -0.4 is 15.2 Å². The van der Waals surface area contributed by atoms with E-state index in [1.165, 1.54) is 11.1 Å². The number of hydrogen-bond donors (Lipinski definition) is 1. The smallest absolute Gasteiger partial charge is 0.164 e. The van der Waals surface area contributed by atoms with Crippen molar-refractivity contribution in [2.24, 2.45) is 5.73 Å². The standard InChI is InChI=1S/C16H24ClNO2/c1-11(2)15-12(6-3-4-7-18)13(17)10-14-16(15)20-9-5-8-19-14/h10-11H,3-9,18H2,1-2H3. The fourth-order valence-corrected chi connectivity index (χ4v) is 2.94. The highest BCUT2D eigenvalue weighted by atomic mass is 35.5. The third kappa shape index (κ3) is 3.39. The van der Waals surface area contributed by atoms with Crippen LogP contribution in [0.3, 0.4) is 0 Å². The molecule has 4 heteroatoms.